The molecule has 30 heavy (non-hydrogen) atoms. The molecule has 0 bridgehead atoms. The Balaban J connectivity index is 1.95. The molecule has 0 unspecified atom stereocenters. The summed E-state index contributed by atoms with van der Waals surface area (Å²) in [5.41, 5.74) is 2.77. The van der Waals surface area contributed by atoms with Crippen molar-refractivity contribution in [3.8, 4) is 5.75 Å². The van der Waals surface area contributed by atoms with Gasteiger partial charge in [-0.15, -0.1) is 0 Å². The first-order chi connectivity index (χ1) is 14.5. The van der Waals surface area contributed by atoms with Gasteiger partial charge in [-0.05, 0) is 49.8 Å². The second-order valence-corrected chi connectivity index (χ2v) is 7.59. The molecule has 0 saturated heterocycles. The van der Waals surface area contributed by atoms with E-state index in [1.54, 1.807) is 7.11 Å². The molecule has 0 N–H and O–H groups in total. The maximum Gasteiger partial charge on any atom is 0.318 e. The third kappa shape index (κ3) is 5.08. The van der Waals surface area contributed by atoms with E-state index in [9.17, 15) is 4.79 Å². The molecule has 3 aromatic carbocycles. The highest BCUT2D eigenvalue weighted by molar-refractivity contribution is 5.82. The molecule has 0 aliphatic rings. The number of carbonyl (C=O) groups is 1. The first kappa shape index (κ1) is 21.6. The normalized spacial score (nSPS) is 13.1. The van der Waals surface area contributed by atoms with Crippen molar-refractivity contribution in [1.82, 2.24) is 4.90 Å². The molecule has 156 valence electrons. The number of carbonyl (C=O) groups excluding carboxylic acids is 1. The Morgan fingerprint density at radius 2 is 1.27 bits per heavy atom. The number of methoxy groups -OCH3 is 1. The largest absolute Gasteiger partial charge is 0.497 e. The van der Waals surface area contributed by atoms with Gasteiger partial charge in [0.15, 0.2) is 0 Å². The Kier molecular flexibility index (Phi) is 7.26. The lowest BCUT2D eigenvalue weighted by molar-refractivity contribution is -0.153. The van der Waals surface area contributed by atoms with Gasteiger partial charge in [0.1, 0.15) is 17.8 Å². The fourth-order valence-corrected chi connectivity index (χ4v) is 3.46. The van der Waals surface area contributed by atoms with E-state index in [4.69, 9.17) is 9.47 Å². The lowest BCUT2D eigenvalue weighted by atomic mass is 9.91. The number of nitrogens with zero attached hydrogens (tertiary/aromatic N) is 1. The number of likely N-dealkylation sites (N-methyl/N-ethyl adjacent to an activating group) is 1. The standard InChI is InChI=1S/C26H29NO3/c1-19(27(2)3)25(22-15-17-23(29-4)18-16-22)30-26(28)24(20-11-7-5-8-12-20)21-13-9-6-10-14-21/h5-19,24-25H,1-4H3/t19-,25-/m1/s1. The van der Waals surface area contributed by atoms with Crippen LogP contribution in [0, 0.1) is 0 Å². The number of benzene rings is 3. The van der Waals surface area contributed by atoms with E-state index in [1.807, 2.05) is 99.0 Å². The van der Waals surface area contributed by atoms with Gasteiger partial charge >= 0.3 is 5.97 Å². The van der Waals surface area contributed by atoms with E-state index in [1.165, 1.54) is 0 Å². The Morgan fingerprint density at radius 3 is 1.70 bits per heavy atom. The van der Waals surface area contributed by atoms with Crippen molar-refractivity contribution >= 4 is 5.97 Å². The van der Waals surface area contributed by atoms with Crippen LogP contribution in [0.5, 0.6) is 5.75 Å². The SMILES string of the molecule is COc1ccc([C@H](OC(=O)C(c2ccccc2)c2ccccc2)[C@@H](C)N(C)C)cc1. The highest BCUT2D eigenvalue weighted by Crippen LogP contribution is 2.32. The van der Waals surface area contributed by atoms with Gasteiger partial charge in [-0.2, -0.15) is 0 Å². The topological polar surface area (TPSA) is 38.8 Å². The number of hydrogen-bond acceptors (Lipinski definition) is 4. The lowest BCUT2D eigenvalue weighted by Crippen LogP contribution is -2.35. The molecule has 0 aliphatic carbocycles. The van der Waals surface area contributed by atoms with Gasteiger partial charge in [-0.1, -0.05) is 72.8 Å². The average molecular weight is 404 g/mol. The molecule has 3 aromatic rings. The molecule has 0 fully saturated rings. The fourth-order valence-electron chi connectivity index (χ4n) is 3.46. The maximum atomic E-state index is 13.5. The smallest absolute Gasteiger partial charge is 0.318 e. The summed E-state index contributed by atoms with van der Waals surface area (Å²) in [6, 6.07) is 27.3. The Bertz CT molecular complexity index is 884. The number of rotatable bonds is 8. The summed E-state index contributed by atoms with van der Waals surface area (Å²) in [5.74, 6) is 0.0252. The molecule has 0 aromatic heterocycles. The van der Waals surface area contributed by atoms with E-state index in [2.05, 4.69) is 11.8 Å². The summed E-state index contributed by atoms with van der Waals surface area (Å²) in [4.78, 5) is 15.6. The van der Waals surface area contributed by atoms with Crippen molar-refractivity contribution in [2.24, 2.45) is 0 Å². The van der Waals surface area contributed by atoms with Crippen LogP contribution in [-0.4, -0.2) is 38.1 Å². The molecular weight excluding hydrogens is 374 g/mol. The van der Waals surface area contributed by atoms with Gasteiger partial charge in [0, 0.05) is 6.04 Å². The highest BCUT2D eigenvalue weighted by Gasteiger charge is 2.31. The first-order valence-corrected chi connectivity index (χ1v) is 10.1. The average Bonchev–Trinajstić information content (AvgIpc) is 2.78. The molecule has 0 spiro atoms. The Labute approximate surface area is 179 Å². The zero-order valence-electron chi connectivity index (χ0n) is 18.0. The summed E-state index contributed by atoms with van der Waals surface area (Å²) in [5, 5.41) is 0. The molecule has 0 amide bonds. The van der Waals surface area contributed by atoms with Gasteiger partial charge in [0.2, 0.25) is 0 Å². The van der Waals surface area contributed by atoms with Crippen LogP contribution in [0.15, 0.2) is 84.9 Å². The van der Waals surface area contributed by atoms with E-state index in [-0.39, 0.29) is 12.0 Å². The van der Waals surface area contributed by atoms with Gasteiger partial charge in [-0.25, -0.2) is 0 Å². The third-order valence-electron chi connectivity index (χ3n) is 5.44. The predicted molar refractivity (Wildman–Crippen MR) is 120 cm³/mol. The van der Waals surface area contributed by atoms with Crippen molar-refractivity contribution in [1.29, 1.82) is 0 Å². The second kappa shape index (κ2) is 10.1. The molecule has 0 radical (unpaired) electrons. The minimum absolute atomic E-state index is 0.00505. The molecule has 0 aliphatic heterocycles. The number of hydrogen-bond donors (Lipinski definition) is 0. The zero-order chi connectivity index (χ0) is 21.5. The quantitative estimate of drug-likeness (QED) is 0.493. The molecule has 2 atom stereocenters. The minimum Gasteiger partial charge on any atom is -0.497 e. The van der Waals surface area contributed by atoms with Crippen LogP contribution in [0.4, 0.5) is 0 Å². The minimum atomic E-state index is -0.484. The predicted octanol–water partition coefficient (Wildman–Crippen LogP) is 5.06. The lowest BCUT2D eigenvalue weighted by Gasteiger charge is -2.31. The summed E-state index contributed by atoms with van der Waals surface area (Å²) < 4.78 is 11.5. The molecule has 0 heterocycles. The molecule has 4 nitrogen and oxygen atoms in total. The van der Waals surface area contributed by atoms with Crippen molar-refractivity contribution in [2.45, 2.75) is 25.0 Å². The Hall–Kier alpha value is -3.11. The van der Waals surface area contributed by atoms with Crippen LogP contribution in [0.25, 0.3) is 0 Å². The Morgan fingerprint density at radius 1 is 0.767 bits per heavy atom. The van der Waals surface area contributed by atoms with Gasteiger partial charge in [0.25, 0.3) is 0 Å². The molecule has 4 heteroatoms. The summed E-state index contributed by atoms with van der Waals surface area (Å²) in [7, 11) is 5.61. The molecule has 0 saturated carbocycles. The fraction of sp³-hybridized carbons (Fsp3) is 0.269. The summed E-state index contributed by atoms with van der Waals surface area (Å²) in [6.07, 6.45) is -0.409. The van der Waals surface area contributed by atoms with E-state index >= 15 is 0 Å². The molecule has 3 rings (SSSR count). The zero-order valence-corrected chi connectivity index (χ0v) is 18.0. The van der Waals surface area contributed by atoms with Crippen molar-refractivity contribution in [2.75, 3.05) is 21.2 Å². The van der Waals surface area contributed by atoms with Gasteiger partial charge in [-0.3, -0.25) is 4.79 Å². The third-order valence-corrected chi connectivity index (χ3v) is 5.44. The van der Waals surface area contributed by atoms with Gasteiger partial charge in [0.05, 0.1) is 7.11 Å². The van der Waals surface area contributed by atoms with Crippen molar-refractivity contribution in [3.63, 3.8) is 0 Å². The number of esters is 1. The van der Waals surface area contributed by atoms with Crippen LogP contribution in [0.3, 0.4) is 0 Å². The second-order valence-electron chi connectivity index (χ2n) is 7.59. The molecular formula is C26H29NO3. The van der Waals surface area contributed by atoms with Crippen molar-refractivity contribution in [3.05, 3.63) is 102 Å². The van der Waals surface area contributed by atoms with E-state index in [0.29, 0.717) is 0 Å². The summed E-state index contributed by atoms with van der Waals surface area (Å²) >= 11 is 0. The monoisotopic (exact) mass is 403 g/mol. The highest BCUT2D eigenvalue weighted by atomic mass is 16.5. The van der Waals surface area contributed by atoms with E-state index < -0.39 is 12.0 Å². The van der Waals surface area contributed by atoms with Gasteiger partial charge < -0.3 is 14.4 Å². The van der Waals surface area contributed by atoms with Crippen LogP contribution >= 0.6 is 0 Å². The van der Waals surface area contributed by atoms with E-state index in [0.717, 1.165) is 22.4 Å². The summed E-state index contributed by atoms with van der Waals surface area (Å²) in [6.45, 7) is 2.06. The number of ether oxygens (including phenoxy) is 2. The van der Waals surface area contributed by atoms with Crippen LogP contribution < -0.4 is 4.74 Å². The maximum absolute atomic E-state index is 13.5. The van der Waals surface area contributed by atoms with Crippen molar-refractivity contribution < 1.29 is 14.3 Å². The van der Waals surface area contributed by atoms with Crippen LogP contribution in [-0.2, 0) is 9.53 Å². The van der Waals surface area contributed by atoms with Crippen LogP contribution in [0.2, 0.25) is 0 Å². The van der Waals surface area contributed by atoms with Crippen LogP contribution in [0.1, 0.15) is 35.6 Å². The first-order valence-electron chi connectivity index (χ1n) is 10.1.